The molecule has 0 unspecified atom stereocenters. The van der Waals surface area contributed by atoms with Gasteiger partial charge in [0.25, 0.3) is 0 Å². The van der Waals surface area contributed by atoms with Crippen molar-refractivity contribution < 1.29 is 0 Å². The highest BCUT2D eigenvalue weighted by atomic mass is 14.8. The van der Waals surface area contributed by atoms with E-state index in [0.717, 1.165) is 18.8 Å². The molecular formula is C15H23N. The maximum absolute atomic E-state index is 6.56. The summed E-state index contributed by atoms with van der Waals surface area (Å²) in [6.45, 7) is 4.55. The molecule has 0 spiro atoms. The van der Waals surface area contributed by atoms with Crippen molar-refractivity contribution in [3.8, 4) is 0 Å². The first-order valence-electron chi connectivity index (χ1n) is 6.52. The molecule has 88 valence electrons. The van der Waals surface area contributed by atoms with Gasteiger partial charge in [-0.2, -0.15) is 0 Å². The molecule has 0 radical (unpaired) electrons. The molecular weight excluding hydrogens is 194 g/mol. The van der Waals surface area contributed by atoms with E-state index in [4.69, 9.17) is 5.73 Å². The third kappa shape index (κ3) is 2.30. The summed E-state index contributed by atoms with van der Waals surface area (Å²) in [4.78, 5) is 0. The average Bonchev–Trinajstić information content (AvgIpc) is 2.62. The standard InChI is InChI=1S/C15H23N/c1-3-12(4-2)9-15(16)10-13-7-5-6-8-14(13)11-15/h5-8,12H,3-4,9-11,16H2,1-2H3. The smallest absolute Gasteiger partial charge is 0.0238 e. The van der Waals surface area contributed by atoms with Gasteiger partial charge in [-0.1, -0.05) is 51.0 Å². The fourth-order valence-electron chi connectivity index (χ4n) is 3.02. The maximum atomic E-state index is 6.56. The zero-order valence-electron chi connectivity index (χ0n) is 10.5. The van der Waals surface area contributed by atoms with Gasteiger partial charge >= 0.3 is 0 Å². The molecule has 0 fully saturated rings. The van der Waals surface area contributed by atoms with Gasteiger partial charge in [0.05, 0.1) is 0 Å². The molecule has 1 heteroatoms. The van der Waals surface area contributed by atoms with E-state index in [2.05, 4.69) is 38.1 Å². The van der Waals surface area contributed by atoms with Crippen LogP contribution in [0.4, 0.5) is 0 Å². The first kappa shape index (κ1) is 11.7. The number of rotatable bonds is 4. The highest BCUT2D eigenvalue weighted by Crippen LogP contribution is 2.34. The summed E-state index contributed by atoms with van der Waals surface area (Å²) in [5.41, 5.74) is 9.53. The molecule has 16 heavy (non-hydrogen) atoms. The molecule has 0 saturated heterocycles. The van der Waals surface area contributed by atoms with E-state index in [9.17, 15) is 0 Å². The Morgan fingerprint density at radius 2 is 1.62 bits per heavy atom. The molecule has 0 amide bonds. The zero-order valence-corrected chi connectivity index (χ0v) is 10.5. The van der Waals surface area contributed by atoms with Crippen LogP contribution in [0.2, 0.25) is 0 Å². The topological polar surface area (TPSA) is 26.0 Å². The van der Waals surface area contributed by atoms with Gasteiger partial charge in [-0.3, -0.25) is 0 Å². The highest BCUT2D eigenvalue weighted by Gasteiger charge is 2.34. The lowest BCUT2D eigenvalue weighted by Crippen LogP contribution is -2.42. The van der Waals surface area contributed by atoms with E-state index in [-0.39, 0.29) is 5.54 Å². The van der Waals surface area contributed by atoms with Crippen LogP contribution in [-0.2, 0) is 12.8 Å². The van der Waals surface area contributed by atoms with Crippen LogP contribution >= 0.6 is 0 Å². The van der Waals surface area contributed by atoms with Gasteiger partial charge in [0.15, 0.2) is 0 Å². The van der Waals surface area contributed by atoms with Crippen molar-refractivity contribution in [2.45, 2.75) is 51.5 Å². The van der Waals surface area contributed by atoms with Crippen LogP contribution in [-0.4, -0.2) is 5.54 Å². The molecule has 0 heterocycles. The lowest BCUT2D eigenvalue weighted by Gasteiger charge is -2.28. The van der Waals surface area contributed by atoms with E-state index in [1.54, 1.807) is 0 Å². The Bertz CT molecular complexity index is 327. The summed E-state index contributed by atoms with van der Waals surface area (Å²) in [5.74, 6) is 0.791. The monoisotopic (exact) mass is 217 g/mol. The van der Waals surface area contributed by atoms with Gasteiger partial charge in [0.2, 0.25) is 0 Å². The molecule has 2 rings (SSSR count). The van der Waals surface area contributed by atoms with Crippen molar-refractivity contribution in [2.24, 2.45) is 11.7 Å². The zero-order chi connectivity index (χ0) is 11.6. The lowest BCUT2D eigenvalue weighted by molar-refractivity contribution is 0.312. The average molecular weight is 217 g/mol. The molecule has 0 bridgehead atoms. The van der Waals surface area contributed by atoms with Crippen LogP contribution in [0.1, 0.15) is 44.2 Å². The largest absolute Gasteiger partial charge is 0.324 e. The van der Waals surface area contributed by atoms with Crippen molar-refractivity contribution >= 4 is 0 Å². The summed E-state index contributed by atoms with van der Waals surface area (Å²) < 4.78 is 0. The maximum Gasteiger partial charge on any atom is 0.0238 e. The van der Waals surface area contributed by atoms with E-state index < -0.39 is 0 Å². The molecule has 0 aliphatic heterocycles. The molecule has 1 nitrogen and oxygen atoms in total. The second kappa shape index (κ2) is 4.58. The number of fused-ring (bicyclic) bond motifs is 1. The Morgan fingerprint density at radius 1 is 1.12 bits per heavy atom. The summed E-state index contributed by atoms with van der Waals surface area (Å²) >= 11 is 0. The van der Waals surface area contributed by atoms with Crippen molar-refractivity contribution in [1.82, 2.24) is 0 Å². The van der Waals surface area contributed by atoms with Crippen molar-refractivity contribution in [3.63, 3.8) is 0 Å². The molecule has 1 aromatic rings. The number of nitrogens with two attached hydrogens (primary N) is 1. The normalized spacial score (nSPS) is 17.8. The van der Waals surface area contributed by atoms with Gasteiger partial charge in [-0.05, 0) is 36.3 Å². The van der Waals surface area contributed by atoms with Gasteiger partial charge in [-0.25, -0.2) is 0 Å². The van der Waals surface area contributed by atoms with Gasteiger partial charge in [0, 0.05) is 5.54 Å². The Morgan fingerprint density at radius 3 is 2.06 bits per heavy atom. The summed E-state index contributed by atoms with van der Waals surface area (Å²) in [5, 5.41) is 0. The van der Waals surface area contributed by atoms with Crippen molar-refractivity contribution in [2.75, 3.05) is 0 Å². The van der Waals surface area contributed by atoms with Crippen LogP contribution in [0, 0.1) is 5.92 Å². The van der Waals surface area contributed by atoms with Gasteiger partial charge in [0.1, 0.15) is 0 Å². The van der Waals surface area contributed by atoms with Gasteiger partial charge < -0.3 is 5.73 Å². The molecule has 1 aliphatic rings. The minimum Gasteiger partial charge on any atom is -0.324 e. The SMILES string of the molecule is CCC(CC)CC1(N)Cc2ccccc2C1. The van der Waals surface area contributed by atoms with E-state index >= 15 is 0 Å². The Balaban J connectivity index is 2.08. The van der Waals surface area contributed by atoms with E-state index in [1.807, 2.05) is 0 Å². The van der Waals surface area contributed by atoms with Crippen LogP contribution in [0.3, 0.4) is 0 Å². The molecule has 1 aliphatic carbocycles. The fraction of sp³-hybridized carbons (Fsp3) is 0.600. The first-order valence-corrected chi connectivity index (χ1v) is 6.52. The molecule has 0 saturated carbocycles. The minimum atomic E-state index is 0.0281. The molecule has 0 atom stereocenters. The summed E-state index contributed by atoms with van der Waals surface area (Å²) in [7, 11) is 0. The number of hydrogen-bond donors (Lipinski definition) is 1. The Kier molecular flexibility index (Phi) is 3.34. The quantitative estimate of drug-likeness (QED) is 0.822. The second-order valence-corrected chi connectivity index (χ2v) is 5.37. The lowest BCUT2D eigenvalue weighted by atomic mass is 9.83. The van der Waals surface area contributed by atoms with Crippen molar-refractivity contribution in [3.05, 3.63) is 35.4 Å². The fourth-order valence-corrected chi connectivity index (χ4v) is 3.02. The Labute approximate surface area is 99.0 Å². The van der Waals surface area contributed by atoms with E-state index in [1.165, 1.54) is 30.4 Å². The third-order valence-corrected chi connectivity index (χ3v) is 4.05. The number of hydrogen-bond acceptors (Lipinski definition) is 1. The first-order chi connectivity index (χ1) is 7.67. The third-order valence-electron chi connectivity index (χ3n) is 4.05. The van der Waals surface area contributed by atoms with Crippen molar-refractivity contribution in [1.29, 1.82) is 0 Å². The van der Waals surface area contributed by atoms with Crippen LogP contribution in [0.25, 0.3) is 0 Å². The number of benzene rings is 1. The molecule has 2 N–H and O–H groups in total. The van der Waals surface area contributed by atoms with Crippen LogP contribution in [0.15, 0.2) is 24.3 Å². The minimum absolute atomic E-state index is 0.0281. The van der Waals surface area contributed by atoms with Crippen LogP contribution < -0.4 is 5.73 Å². The summed E-state index contributed by atoms with van der Waals surface area (Å²) in [6, 6.07) is 8.72. The Hall–Kier alpha value is -0.820. The van der Waals surface area contributed by atoms with Gasteiger partial charge in [-0.15, -0.1) is 0 Å². The summed E-state index contributed by atoms with van der Waals surface area (Å²) in [6.07, 6.45) is 5.83. The molecule has 1 aromatic carbocycles. The highest BCUT2D eigenvalue weighted by molar-refractivity contribution is 5.35. The second-order valence-electron chi connectivity index (χ2n) is 5.37. The predicted molar refractivity (Wildman–Crippen MR) is 69.5 cm³/mol. The van der Waals surface area contributed by atoms with E-state index in [0.29, 0.717) is 0 Å². The molecule has 0 aromatic heterocycles. The van der Waals surface area contributed by atoms with Crippen LogP contribution in [0.5, 0.6) is 0 Å². The predicted octanol–water partition coefficient (Wildman–Crippen LogP) is 3.31.